The molecule has 2 aromatic carbocycles. The van der Waals surface area contributed by atoms with Gasteiger partial charge in [-0.1, -0.05) is 24.3 Å². The van der Waals surface area contributed by atoms with Gasteiger partial charge in [0.1, 0.15) is 23.7 Å². The number of benzene rings is 2. The second-order valence-corrected chi connectivity index (χ2v) is 6.78. The van der Waals surface area contributed by atoms with Crippen molar-refractivity contribution in [1.82, 2.24) is 19.5 Å². The minimum atomic E-state index is -0.395. The molecule has 0 saturated heterocycles. The number of nitrogens with one attached hydrogen (secondary N) is 1. The third-order valence-corrected chi connectivity index (χ3v) is 4.84. The molecular weight excluding hydrogens is 359 g/mol. The predicted octanol–water partition coefficient (Wildman–Crippen LogP) is 2.72. The Morgan fingerprint density at radius 1 is 1.11 bits per heavy atom. The van der Waals surface area contributed by atoms with Crippen molar-refractivity contribution in [2.75, 3.05) is 0 Å². The van der Waals surface area contributed by atoms with Crippen molar-refractivity contribution >= 4 is 22.3 Å². The highest BCUT2D eigenvalue weighted by atomic mass is 19.1. The number of fused-ring (bicyclic) bond motifs is 3. The number of hydrogen-bond acceptors (Lipinski definition) is 3. The summed E-state index contributed by atoms with van der Waals surface area (Å²) >= 11 is 0. The zero-order valence-corrected chi connectivity index (χ0v) is 15.6. The summed E-state index contributed by atoms with van der Waals surface area (Å²) in [5, 5.41) is 7.71. The van der Waals surface area contributed by atoms with Crippen LogP contribution in [0.25, 0.3) is 16.4 Å². The van der Waals surface area contributed by atoms with Crippen LogP contribution >= 0.6 is 0 Å². The van der Waals surface area contributed by atoms with Gasteiger partial charge in [0.15, 0.2) is 0 Å². The van der Waals surface area contributed by atoms with Gasteiger partial charge in [0.05, 0.1) is 5.52 Å². The first kappa shape index (κ1) is 17.9. The molecule has 0 spiro atoms. The van der Waals surface area contributed by atoms with Crippen LogP contribution < -0.4 is 10.9 Å². The molecule has 0 radical (unpaired) electrons. The van der Waals surface area contributed by atoms with Gasteiger partial charge < -0.3 is 5.32 Å². The third-order valence-electron chi connectivity index (χ3n) is 4.84. The molecule has 0 aliphatic carbocycles. The summed E-state index contributed by atoms with van der Waals surface area (Å²) in [5.74, 6) is -0.128. The fourth-order valence-corrected chi connectivity index (χ4v) is 3.39. The lowest BCUT2D eigenvalue weighted by atomic mass is 10.1. The van der Waals surface area contributed by atoms with Crippen LogP contribution in [-0.4, -0.2) is 20.1 Å². The van der Waals surface area contributed by atoms with Crippen molar-refractivity contribution in [2.24, 2.45) is 0 Å². The standard InChI is InChI=1S/C21H19FN4O2/c1-13-5-3-4-6-15(13)11-23-20(27)12-25-21(28)19-10-16-9-17(22)7-8-18(16)26(19)14(2)24-25/h3-10H,11-12H2,1-2H3,(H,23,27). The average Bonchev–Trinajstić information content (AvgIpc) is 3.04. The zero-order valence-electron chi connectivity index (χ0n) is 15.6. The topological polar surface area (TPSA) is 68.4 Å². The van der Waals surface area contributed by atoms with Crippen LogP contribution in [0.15, 0.2) is 53.3 Å². The molecule has 28 heavy (non-hydrogen) atoms. The molecule has 0 atom stereocenters. The van der Waals surface area contributed by atoms with Crippen LogP contribution in [-0.2, 0) is 17.9 Å². The van der Waals surface area contributed by atoms with Gasteiger partial charge in [-0.2, -0.15) is 5.10 Å². The first-order chi connectivity index (χ1) is 13.4. The van der Waals surface area contributed by atoms with Crippen LogP contribution in [0.2, 0.25) is 0 Å². The minimum Gasteiger partial charge on any atom is -0.350 e. The Morgan fingerprint density at radius 3 is 2.68 bits per heavy atom. The smallest absolute Gasteiger partial charge is 0.291 e. The Bertz CT molecular complexity index is 1270. The SMILES string of the molecule is Cc1ccccc1CNC(=O)Cn1nc(C)n2c(cc3cc(F)ccc32)c1=O. The van der Waals surface area contributed by atoms with Crippen LogP contribution in [0.1, 0.15) is 17.0 Å². The maximum absolute atomic E-state index is 13.5. The Labute approximate surface area is 160 Å². The van der Waals surface area contributed by atoms with E-state index in [9.17, 15) is 14.0 Å². The Morgan fingerprint density at radius 2 is 1.89 bits per heavy atom. The fraction of sp³-hybridized carbons (Fsp3) is 0.190. The van der Waals surface area contributed by atoms with E-state index >= 15 is 0 Å². The second kappa shape index (κ2) is 6.92. The van der Waals surface area contributed by atoms with Crippen LogP contribution in [0.5, 0.6) is 0 Å². The number of carbonyl (C=O) groups excluding carboxylic acids is 1. The molecule has 4 aromatic rings. The summed E-state index contributed by atoms with van der Waals surface area (Å²) in [6.45, 7) is 3.93. The van der Waals surface area contributed by atoms with Crippen molar-refractivity contribution < 1.29 is 9.18 Å². The number of aromatic nitrogens is 3. The van der Waals surface area contributed by atoms with Gasteiger partial charge in [-0.15, -0.1) is 0 Å². The predicted molar refractivity (Wildman–Crippen MR) is 105 cm³/mol. The van der Waals surface area contributed by atoms with E-state index in [0.717, 1.165) is 15.8 Å². The van der Waals surface area contributed by atoms with E-state index in [1.165, 1.54) is 12.1 Å². The molecular formula is C21H19FN4O2. The monoisotopic (exact) mass is 378 g/mol. The van der Waals surface area contributed by atoms with E-state index in [0.29, 0.717) is 28.8 Å². The highest BCUT2D eigenvalue weighted by Crippen LogP contribution is 2.20. The molecule has 0 unspecified atom stereocenters. The normalized spacial score (nSPS) is 11.2. The summed E-state index contributed by atoms with van der Waals surface area (Å²) in [6.07, 6.45) is 0. The van der Waals surface area contributed by atoms with E-state index in [2.05, 4.69) is 10.4 Å². The van der Waals surface area contributed by atoms with Crippen molar-refractivity contribution in [3.05, 3.63) is 81.7 Å². The lowest BCUT2D eigenvalue weighted by molar-refractivity contribution is -0.122. The maximum Gasteiger partial charge on any atom is 0.291 e. The van der Waals surface area contributed by atoms with Crippen molar-refractivity contribution in [1.29, 1.82) is 0 Å². The Hall–Kier alpha value is -3.48. The zero-order chi connectivity index (χ0) is 19.8. The molecule has 0 saturated carbocycles. The molecule has 0 fully saturated rings. The van der Waals surface area contributed by atoms with Gasteiger partial charge >= 0.3 is 0 Å². The molecule has 0 bridgehead atoms. The Kier molecular flexibility index (Phi) is 4.43. The van der Waals surface area contributed by atoms with Crippen molar-refractivity contribution in [2.45, 2.75) is 26.9 Å². The number of nitrogens with zero attached hydrogens (tertiary/aromatic N) is 3. The summed E-state index contributed by atoms with van der Waals surface area (Å²) in [4.78, 5) is 25.2. The number of amides is 1. The summed E-state index contributed by atoms with van der Waals surface area (Å²) in [7, 11) is 0. The molecule has 0 aliphatic rings. The summed E-state index contributed by atoms with van der Waals surface area (Å²) in [5.41, 5.74) is 2.77. The number of halogens is 1. The highest BCUT2D eigenvalue weighted by molar-refractivity contribution is 5.87. The summed E-state index contributed by atoms with van der Waals surface area (Å²) in [6, 6.07) is 13.7. The van der Waals surface area contributed by atoms with E-state index in [-0.39, 0.29) is 18.3 Å². The largest absolute Gasteiger partial charge is 0.350 e. The molecule has 0 aliphatic heterocycles. The number of hydrogen-bond donors (Lipinski definition) is 1. The number of rotatable bonds is 4. The Balaban J connectivity index is 1.63. The van der Waals surface area contributed by atoms with Crippen LogP contribution in [0.3, 0.4) is 0 Å². The van der Waals surface area contributed by atoms with Crippen LogP contribution in [0.4, 0.5) is 4.39 Å². The molecule has 2 heterocycles. The third kappa shape index (κ3) is 3.15. The first-order valence-electron chi connectivity index (χ1n) is 8.93. The van der Waals surface area contributed by atoms with Gasteiger partial charge in [0.2, 0.25) is 5.91 Å². The molecule has 6 nitrogen and oxygen atoms in total. The maximum atomic E-state index is 13.5. The molecule has 2 aromatic heterocycles. The number of carbonyl (C=O) groups is 1. The second-order valence-electron chi connectivity index (χ2n) is 6.78. The van der Waals surface area contributed by atoms with Gasteiger partial charge in [0.25, 0.3) is 5.56 Å². The quantitative estimate of drug-likeness (QED) is 0.594. The van der Waals surface area contributed by atoms with E-state index < -0.39 is 5.56 Å². The van der Waals surface area contributed by atoms with Gasteiger partial charge in [-0.05, 0) is 49.2 Å². The average molecular weight is 378 g/mol. The first-order valence-corrected chi connectivity index (χ1v) is 8.93. The fourth-order valence-electron chi connectivity index (χ4n) is 3.39. The molecule has 1 N–H and O–H groups in total. The van der Waals surface area contributed by atoms with Gasteiger partial charge in [0, 0.05) is 11.9 Å². The van der Waals surface area contributed by atoms with Crippen molar-refractivity contribution in [3.63, 3.8) is 0 Å². The molecule has 4 rings (SSSR count). The van der Waals surface area contributed by atoms with E-state index in [1.807, 2.05) is 31.2 Å². The van der Waals surface area contributed by atoms with Gasteiger partial charge in [-0.25, -0.2) is 9.07 Å². The number of aryl methyl sites for hydroxylation is 2. The van der Waals surface area contributed by atoms with E-state index in [4.69, 9.17) is 0 Å². The minimum absolute atomic E-state index is 0.183. The highest BCUT2D eigenvalue weighted by Gasteiger charge is 2.14. The lowest BCUT2D eigenvalue weighted by Gasteiger charge is -2.10. The van der Waals surface area contributed by atoms with Crippen molar-refractivity contribution in [3.8, 4) is 0 Å². The molecule has 142 valence electrons. The lowest BCUT2D eigenvalue weighted by Crippen LogP contribution is -2.34. The molecule has 7 heteroatoms. The summed E-state index contributed by atoms with van der Waals surface area (Å²) < 4.78 is 16.3. The van der Waals surface area contributed by atoms with Crippen LogP contribution in [0, 0.1) is 19.7 Å². The molecule has 1 amide bonds. The van der Waals surface area contributed by atoms with E-state index in [1.54, 1.807) is 23.5 Å². The van der Waals surface area contributed by atoms with Gasteiger partial charge in [-0.3, -0.25) is 14.0 Å².